The number of nitrogens with one attached hydrogen (secondary N) is 3. The minimum absolute atomic E-state index is 0.0642. The van der Waals surface area contributed by atoms with Crippen molar-refractivity contribution in [1.82, 2.24) is 21.0 Å². The third-order valence-corrected chi connectivity index (χ3v) is 5.46. The monoisotopic (exact) mass is 476 g/mol. The van der Waals surface area contributed by atoms with Gasteiger partial charge in [-0.3, -0.25) is 19.4 Å². The summed E-state index contributed by atoms with van der Waals surface area (Å²) in [6, 6.07) is 7.41. The quantitative estimate of drug-likeness (QED) is 0.289. The maximum Gasteiger partial charge on any atom is 0.417 e. The summed E-state index contributed by atoms with van der Waals surface area (Å²) in [6.45, 7) is 1.85. The van der Waals surface area contributed by atoms with Crippen molar-refractivity contribution in [2.24, 2.45) is 10.7 Å². The zero-order valence-electron chi connectivity index (χ0n) is 18.9. The first-order valence-corrected chi connectivity index (χ1v) is 11.4. The van der Waals surface area contributed by atoms with Crippen LogP contribution in [0.2, 0.25) is 0 Å². The number of rotatable bonds is 10. The molecule has 6 N–H and O–H groups in total. The highest BCUT2D eigenvalue weighted by Crippen LogP contribution is 2.18. The summed E-state index contributed by atoms with van der Waals surface area (Å²) in [5.41, 5.74) is 9.15. The van der Waals surface area contributed by atoms with E-state index in [0.717, 1.165) is 43.9 Å². The third-order valence-electron chi connectivity index (χ3n) is 5.46. The topological polar surface area (TPSA) is 168 Å². The second kappa shape index (κ2) is 12.9. The highest BCUT2D eigenvalue weighted by molar-refractivity contribution is 5.95. The van der Waals surface area contributed by atoms with E-state index in [4.69, 9.17) is 20.4 Å². The number of carboxylic acids is 1. The van der Waals surface area contributed by atoms with Crippen LogP contribution in [0.5, 0.6) is 0 Å². The van der Waals surface area contributed by atoms with Gasteiger partial charge >= 0.3 is 12.1 Å². The molecular formula is C22H32N6O6. The van der Waals surface area contributed by atoms with Gasteiger partial charge in [-0.25, -0.2) is 9.69 Å². The van der Waals surface area contributed by atoms with Crippen molar-refractivity contribution >= 4 is 23.9 Å². The minimum atomic E-state index is -1.44. The van der Waals surface area contributed by atoms with E-state index in [1.54, 1.807) is 24.3 Å². The molecule has 0 bridgehead atoms. The lowest BCUT2D eigenvalue weighted by Gasteiger charge is -2.24. The van der Waals surface area contributed by atoms with Gasteiger partial charge in [-0.1, -0.05) is 30.3 Å². The Bertz CT molecular complexity index is 867. The van der Waals surface area contributed by atoms with Gasteiger partial charge in [0, 0.05) is 32.1 Å². The summed E-state index contributed by atoms with van der Waals surface area (Å²) in [7, 11) is 0. The van der Waals surface area contributed by atoms with Gasteiger partial charge in [-0.15, -0.1) is 0 Å². The smallest absolute Gasteiger partial charge is 0.417 e. The predicted molar refractivity (Wildman–Crippen MR) is 123 cm³/mol. The number of hydrogen-bond donors (Lipinski definition) is 5. The molecule has 1 aromatic carbocycles. The van der Waals surface area contributed by atoms with E-state index in [-0.39, 0.29) is 12.6 Å². The fraction of sp³-hybridized carbons (Fsp3) is 0.545. The average molecular weight is 477 g/mol. The van der Waals surface area contributed by atoms with Crippen molar-refractivity contribution in [2.75, 3.05) is 26.2 Å². The van der Waals surface area contributed by atoms with E-state index >= 15 is 0 Å². The predicted octanol–water partition coefficient (Wildman–Crippen LogP) is -0.0551. The Morgan fingerprint density at radius 3 is 2.82 bits per heavy atom. The maximum atomic E-state index is 13.0. The molecule has 1 aromatic rings. The number of carbonyl (C=O) groups is 3. The zero-order chi connectivity index (χ0) is 24.3. The van der Waals surface area contributed by atoms with Gasteiger partial charge in [0.05, 0.1) is 6.54 Å². The fourth-order valence-corrected chi connectivity index (χ4v) is 3.57. The van der Waals surface area contributed by atoms with Crippen molar-refractivity contribution in [1.29, 1.82) is 0 Å². The van der Waals surface area contributed by atoms with Crippen LogP contribution in [0.15, 0.2) is 35.3 Å². The maximum absolute atomic E-state index is 13.0. The number of carbonyl (C=O) groups excluding carboxylic acids is 2. The lowest BCUT2D eigenvalue weighted by atomic mass is 10.1. The number of imide groups is 1. The number of amides is 2. The van der Waals surface area contributed by atoms with Gasteiger partial charge in [-0.2, -0.15) is 5.48 Å². The Morgan fingerprint density at radius 1 is 1.32 bits per heavy atom. The minimum Gasteiger partial charge on any atom is -0.480 e. The first kappa shape index (κ1) is 25.4. The molecule has 2 amide bonds. The molecule has 0 unspecified atom stereocenters. The van der Waals surface area contributed by atoms with Crippen LogP contribution in [0.1, 0.15) is 31.2 Å². The fourth-order valence-electron chi connectivity index (χ4n) is 3.57. The molecule has 0 radical (unpaired) electrons. The molecule has 1 fully saturated rings. The SMILES string of the molecule is N[C@@H](CN(C(=O)OCc1ccccc1)C(=O)[C@H]1C[C@H](CCCNC2=NCCCN2)NO1)C(=O)O. The molecule has 2 aliphatic rings. The number of ether oxygens (including phenoxy) is 1. The van der Waals surface area contributed by atoms with Crippen LogP contribution < -0.4 is 21.8 Å². The second-order valence-corrected chi connectivity index (χ2v) is 8.17. The molecule has 12 nitrogen and oxygen atoms in total. The molecule has 2 aliphatic heterocycles. The van der Waals surface area contributed by atoms with Crippen LogP contribution in [0.4, 0.5) is 4.79 Å². The van der Waals surface area contributed by atoms with Crippen LogP contribution >= 0.6 is 0 Å². The van der Waals surface area contributed by atoms with Gasteiger partial charge in [0.1, 0.15) is 12.6 Å². The summed E-state index contributed by atoms with van der Waals surface area (Å²) >= 11 is 0. The number of nitrogens with zero attached hydrogens (tertiary/aromatic N) is 2. The summed E-state index contributed by atoms with van der Waals surface area (Å²) in [5.74, 6) is -1.22. The first-order valence-electron chi connectivity index (χ1n) is 11.4. The highest BCUT2D eigenvalue weighted by atomic mass is 16.7. The summed E-state index contributed by atoms with van der Waals surface area (Å²) in [5, 5.41) is 15.6. The van der Waals surface area contributed by atoms with E-state index < -0.39 is 36.7 Å². The van der Waals surface area contributed by atoms with Gasteiger partial charge < -0.3 is 26.2 Å². The molecule has 34 heavy (non-hydrogen) atoms. The Hall–Kier alpha value is -3.22. The largest absolute Gasteiger partial charge is 0.480 e. The zero-order valence-corrected chi connectivity index (χ0v) is 18.9. The summed E-state index contributed by atoms with van der Waals surface area (Å²) in [4.78, 5) is 47.4. The second-order valence-electron chi connectivity index (χ2n) is 8.17. The van der Waals surface area contributed by atoms with Crippen LogP contribution in [0, 0.1) is 0 Å². The number of aliphatic imine (C=N–C) groups is 1. The molecule has 0 saturated carbocycles. The Balaban J connectivity index is 1.50. The Labute approximate surface area is 197 Å². The third kappa shape index (κ3) is 7.68. The van der Waals surface area contributed by atoms with E-state index in [1.807, 2.05) is 6.07 Å². The molecule has 0 aliphatic carbocycles. The highest BCUT2D eigenvalue weighted by Gasteiger charge is 2.38. The molecule has 2 heterocycles. The lowest BCUT2D eigenvalue weighted by Crippen LogP contribution is -2.51. The molecule has 0 spiro atoms. The van der Waals surface area contributed by atoms with Crippen molar-refractivity contribution in [2.45, 2.75) is 50.5 Å². The van der Waals surface area contributed by atoms with Gasteiger partial charge in [0.15, 0.2) is 12.1 Å². The van der Waals surface area contributed by atoms with Crippen LogP contribution in [-0.4, -0.2) is 78.3 Å². The van der Waals surface area contributed by atoms with Gasteiger partial charge in [0.25, 0.3) is 5.91 Å². The number of aliphatic carboxylic acids is 1. The van der Waals surface area contributed by atoms with Crippen molar-refractivity contribution in [3.63, 3.8) is 0 Å². The molecule has 3 atom stereocenters. The van der Waals surface area contributed by atoms with E-state index in [9.17, 15) is 14.4 Å². The number of hydroxylamine groups is 1. The van der Waals surface area contributed by atoms with E-state index in [0.29, 0.717) is 17.9 Å². The number of carboxylic acid groups (broad SMARTS) is 1. The Kier molecular flexibility index (Phi) is 9.62. The first-order chi connectivity index (χ1) is 16.4. The van der Waals surface area contributed by atoms with Crippen LogP contribution in [-0.2, 0) is 25.8 Å². The molecule has 12 heteroatoms. The molecular weight excluding hydrogens is 444 g/mol. The Morgan fingerprint density at radius 2 is 2.12 bits per heavy atom. The average Bonchev–Trinajstić information content (AvgIpc) is 3.33. The van der Waals surface area contributed by atoms with Crippen LogP contribution in [0.25, 0.3) is 0 Å². The number of guanidine groups is 1. The standard InChI is InChI=1S/C22H32N6O6/c23-17(20(30)31)13-28(22(32)33-14-15-6-2-1-3-7-15)19(29)18-12-16(27-34-18)8-4-9-24-21-25-10-5-11-26-21/h1-3,6-7,16-18,27H,4-5,8-14,23H2,(H,30,31)(H2,24,25,26)/t16-,17-,18+/m0/s1. The molecule has 3 rings (SSSR count). The summed E-state index contributed by atoms with van der Waals surface area (Å²) < 4.78 is 5.23. The number of nitrogens with two attached hydrogens (primary N) is 1. The molecule has 186 valence electrons. The van der Waals surface area contributed by atoms with Crippen molar-refractivity contribution in [3.05, 3.63) is 35.9 Å². The molecule has 1 saturated heterocycles. The lowest BCUT2D eigenvalue weighted by molar-refractivity contribution is -0.144. The number of benzene rings is 1. The van der Waals surface area contributed by atoms with Crippen molar-refractivity contribution < 1.29 is 29.1 Å². The van der Waals surface area contributed by atoms with Crippen molar-refractivity contribution in [3.8, 4) is 0 Å². The van der Waals surface area contributed by atoms with Crippen LogP contribution in [0.3, 0.4) is 0 Å². The summed E-state index contributed by atoms with van der Waals surface area (Å²) in [6.07, 6.45) is 0.989. The normalized spacial score (nSPS) is 20.6. The van der Waals surface area contributed by atoms with E-state index in [1.165, 1.54) is 0 Å². The molecule has 0 aromatic heterocycles. The van der Waals surface area contributed by atoms with Gasteiger partial charge in [-0.05, 0) is 24.8 Å². The number of hydrogen-bond acceptors (Lipinski definition) is 10. The van der Waals surface area contributed by atoms with E-state index in [2.05, 4.69) is 21.1 Å². The van der Waals surface area contributed by atoms with Gasteiger partial charge in [0.2, 0.25) is 0 Å².